The Bertz CT molecular complexity index is 988. The summed E-state index contributed by atoms with van der Waals surface area (Å²) >= 11 is 1.78. The summed E-state index contributed by atoms with van der Waals surface area (Å²) in [5.74, 6) is 0.104. The van der Waals surface area contributed by atoms with Crippen molar-refractivity contribution in [3.63, 3.8) is 0 Å². The molecule has 162 valence electrons. The maximum atomic E-state index is 12.6. The van der Waals surface area contributed by atoms with Crippen LogP contribution in [-0.2, 0) is 11.3 Å². The number of anilines is 1. The molecule has 0 spiro atoms. The highest BCUT2D eigenvalue weighted by Gasteiger charge is 2.21. The van der Waals surface area contributed by atoms with Gasteiger partial charge in [-0.1, -0.05) is 12.1 Å². The Morgan fingerprint density at radius 3 is 2.52 bits per heavy atom. The van der Waals surface area contributed by atoms with Crippen LogP contribution in [0.2, 0.25) is 0 Å². The second kappa shape index (κ2) is 9.34. The molecule has 2 aromatic carbocycles. The van der Waals surface area contributed by atoms with Crippen molar-refractivity contribution in [2.45, 2.75) is 25.4 Å². The number of ether oxygens (including phenoxy) is 1. The molecule has 31 heavy (non-hydrogen) atoms. The molecule has 0 saturated carbocycles. The van der Waals surface area contributed by atoms with Crippen molar-refractivity contribution in [2.75, 3.05) is 44.3 Å². The van der Waals surface area contributed by atoms with E-state index in [1.165, 1.54) is 10.4 Å². The number of hydrogen-bond donors (Lipinski definition) is 1. The predicted octanol–water partition coefficient (Wildman–Crippen LogP) is 3.53. The maximum Gasteiger partial charge on any atom is 0.254 e. The van der Waals surface area contributed by atoms with Crippen LogP contribution in [0.25, 0.3) is 10.2 Å². The highest BCUT2D eigenvalue weighted by Crippen LogP contribution is 2.24. The third-order valence-electron chi connectivity index (χ3n) is 6.15. The van der Waals surface area contributed by atoms with Gasteiger partial charge in [0.2, 0.25) is 0 Å². The number of carbonyl (C=O) groups is 1. The van der Waals surface area contributed by atoms with Crippen LogP contribution >= 0.6 is 11.3 Å². The lowest BCUT2D eigenvalue weighted by Gasteiger charge is -2.34. The zero-order valence-electron chi connectivity index (χ0n) is 17.6. The van der Waals surface area contributed by atoms with Gasteiger partial charge in [-0.05, 0) is 49.2 Å². The average Bonchev–Trinajstić information content (AvgIpc) is 3.26. The minimum atomic E-state index is 0.104. The van der Waals surface area contributed by atoms with E-state index in [1.807, 2.05) is 23.1 Å². The van der Waals surface area contributed by atoms with Gasteiger partial charge in [0, 0.05) is 50.0 Å². The summed E-state index contributed by atoms with van der Waals surface area (Å²) < 4.78 is 6.59. The van der Waals surface area contributed by atoms with Crippen molar-refractivity contribution in [1.29, 1.82) is 0 Å². The number of para-hydroxylation sites is 1. The maximum absolute atomic E-state index is 12.6. The number of rotatable bonds is 5. The van der Waals surface area contributed by atoms with E-state index in [-0.39, 0.29) is 5.91 Å². The number of carbonyl (C=O) groups excluding carboxylic acids is 1. The van der Waals surface area contributed by atoms with Crippen LogP contribution in [0.5, 0.6) is 0 Å². The van der Waals surface area contributed by atoms with E-state index >= 15 is 0 Å². The molecule has 6 nitrogen and oxygen atoms in total. The number of aromatic nitrogens is 1. The molecule has 5 rings (SSSR count). The fraction of sp³-hybridized carbons (Fsp3) is 0.417. The molecule has 0 aliphatic carbocycles. The summed E-state index contributed by atoms with van der Waals surface area (Å²) in [7, 11) is 0. The van der Waals surface area contributed by atoms with E-state index in [0.717, 1.165) is 48.6 Å². The Kier molecular flexibility index (Phi) is 6.15. The summed E-state index contributed by atoms with van der Waals surface area (Å²) in [6.45, 7) is 5.50. The zero-order valence-corrected chi connectivity index (χ0v) is 18.4. The van der Waals surface area contributed by atoms with E-state index in [4.69, 9.17) is 9.72 Å². The van der Waals surface area contributed by atoms with Crippen LogP contribution in [0.3, 0.4) is 0 Å². The molecular formula is C24H28N4O2S. The van der Waals surface area contributed by atoms with Crippen molar-refractivity contribution < 1.29 is 9.53 Å². The topological polar surface area (TPSA) is 57.7 Å². The Labute approximate surface area is 186 Å². The monoisotopic (exact) mass is 436 g/mol. The first kappa shape index (κ1) is 20.4. The zero-order chi connectivity index (χ0) is 21.0. The van der Waals surface area contributed by atoms with Crippen molar-refractivity contribution in [3.8, 4) is 0 Å². The number of amides is 1. The summed E-state index contributed by atoms with van der Waals surface area (Å²) in [6.07, 6.45) is 2.22. The smallest absolute Gasteiger partial charge is 0.254 e. The molecule has 2 aliphatic heterocycles. The van der Waals surface area contributed by atoms with E-state index < -0.39 is 0 Å². The number of nitrogens with zero attached hydrogens (tertiary/aromatic N) is 3. The van der Waals surface area contributed by atoms with Gasteiger partial charge in [-0.3, -0.25) is 4.79 Å². The Hall–Kier alpha value is -2.48. The number of fused-ring (bicyclic) bond motifs is 1. The van der Waals surface area contributed by atoms with E-state index in [1.54, 1.807) is 11.3 Å². The van der Waals surface area contributed by atoms with Gasteiger partial charge in [0.25, 0.3) is 5.91 Å². The second-order valence-electron chi connectivity index (χ2n) is 8.17. The molecule has 0 bridgehead atoms. The van der Waals surface area contributed by atoms with Gasteiger partial charge < -0.3 is 19.9 Å². The summed E-state index contributed by atoms with van der Waals surface area (Å²) in [6, 6.07) is 16.9. The predicted molar refractivity (Wildman–Crippen MR) is 125 cm³/mol. The minimum Gasteiger partial charge on any atom is -0.378 e. The van der Waals surface area contributed by atoms with Crippen LogP contribution in [0.4, 0.5) is 5.69 Å². The third-order valence-corrected chi connectivity index (χ3v) is 7.19. The summed E-state index contributed by atoms with van der Waals surface area (Å²) in [5.41, 5.74) is 3.05. The molecule has 2 aliphatic rings. The molecule has 3 heterocycles. The highest BCUT2D eigenvalue weighted by molar-refractivity contribution is 7.18. The number of benzene rings is 2. The minimum absolute atomic E-state index is 0.104. The van der Waals surface area contributed by atoms with Crippen molar-refractivity contribution in [3.05, 3.63) is 59.1 Å². The molecule has 1 amide bonds. The van der Waals surface area contributed by atoms with Gasteiger partial charge in [0.1, 0.15) is 5.01 Å². The van der Waals surface area contributed by atoms with Crippen LogP contribution < -0.4 is 10.2 Å². The largest absolute Gasteiger partial charge is 0.378 e. The Morgan fingerprint density at radius 2 is 1.77 bits per heavy atom. The molecule has 0 radical (unpaired) electrons. The molecular weight excluding hydrogens is 408 g/mol. The van der Waals surface area contributed by atoms with Gasteiger partial charge >= 0.3 is 0 Å². The second-order valence-corrected chi connectivity index (χ2v) is 9.28. The number of piperidine rings is 1. The first-order valence-corrected chi connectivity index (χ1v) is 11.9. The van der Waals surface area contributed by atoms with E-state index in [2.05, 4.69) is 40.5 Å². The fourth-order valence-electron chi connectivity index (χ4n) is 4.33. The fourth-order valence-corrected chi connectivity index (χ4v) is 5.25. The Morgan fingerprint density at radius 1 is 1.03 bits per heavy atom. The first-order valence-electron chi connectivity index (χ1n) is 11.1. The lowest BCUT2D eigenvalue weighted by molar-refractivity contribution is 0.0303. The van der Waals surface area contributed by atoms with E-state index in [0.29, 0.717) is 32.3 Å². The molecule has 0 atom stereocenters. The molecule has 1 N–H and O–H groups in total. The number of morpholine rings is 1. The Balaban J connectivity index is 1.12. The van der Waals surface area contributed by atoms with Crippen molar-refractivity contribution >= 4 is 33.1 Å². The molecule has 0 unspecified atom stereocenters. The van der Waals surface area contributed by atoms with E-state index in [9.17, 15) is 4.79 Å². The van der Waals surface area contributed by atoms with Crippen LogP contribution in [0, 0.1) is 0 Å². The average molecular weight is 437 g/mol. The van der Waals surface area contributed by atoms with Crippen molar-refractivity contribution in [1.82, 2.24) is 15.2 Å². The number of thiazole rings is 1. The molecule has 3 aromatic rings. The quantitative estimate of drug-likeness (QED) is 0.663. The molecule has 2 fully saturated rings. The van der Waals surface area contributed by atoms with Crippen molar-refractivity contribution in [2.24, 2.45) is 0 Å². The van der Waals surface area contributed by atoms with Gasteiger partial charge in [0.05, 0.1) is 23.4 Å². The third kappa shape index (κ3) is 4.74. The molecule has 1 aromatic heterocycles. The van der Waals surface area contributed by atoms with Crippen LogP contribution in [0.1, 0.15) is 28.2 Å². The lowest BCUT2D eigenvalue weighted by Crippen LogP contribution is -2.42. The normalized spacial score (nSPS) is 17.9. The number of hydrogen-bond acceptors (Lipinski definition) is 6. The number of nitrogens with one attached hydrogen (secondary N) is 1. The van der Waals surface area contributed by atoms with Gasteiger partial charge in [-0.2, -0.15) is 0 Å². The van der Waals surface area contributed by atoms with Crippen LogP contribution in [-0.4, -0.2) is 61.2 Å². The molecule has 7 heteroatoms. The standard InChI is InChI=1S/C24H28N4O2S/c29-24(28-13-15-30-16-14-28)18-5-7-20(8-6-18)27-11-9-19(10-12-27)25-17-23-26-21-3-1-2-4-22(21)31-23/h1-8,19,25H,9-17H2. The summed E-state index contributed by atoms with van der Waals surface area (Å²) in [5, 5.41) is 4.85. The van der Waals surface area contributed by atoms with Gasteiger partial charge in [-0.25, -0.2) is 4.98 Å². The van der Waals surface area contributed by atoms with Crippen LogP contribution in [0.15, 0.2) is 48.5 Å². The van der Waals surface area contributed by atoms with Gasteiger partial charge in [-0.15, -0.1) is 11.3 Å². The SMILES string of the molecule is O=C(c1ccc(N2CCC(NCc3nc4ccccc4s3)CC2)cc1)N1CCOCC1. The lowest BCUT2D eigenvalue weighted by atomic mass is 10.0. The molecule has 2 saturated heterocycles. The highest BCUT2D eigenvalue weighted by atomic mass is 32.1. The summed E-state index contributed by atoms with van der Waals surface area (Å²) in [4.78, 5) is 21.6. The first-order chi connectivity index (χ1) is 15.3. The van der Waals surface area contributed by atoms with Gasteiger partial charge in [0.15, 0.2) is 0 Å².